The molecule has 10 heteroatoms. The average molecular weight is 375 g/mol. The average Bonchev–Trinajstić information content (AvgIpc) is 3.24. The minimum absolute atomic E-state index is 0.0407. The van der Waals surface area contributed by atoms with Gasteiger partial charge in [0.25, 0.3) is 15.9 Å². The van der Waals surface area contributed by atoms with Crippen LogP contribution >= 0.6 is 0 Å². The van der Waals surface area contributed by atoms with Gasteiger partial charge in [0.05, 0.1) is 13.3 Å². The molecular formula is C16H17N5O4S. The maximum absolute atomic E-state index is 12.3. The van der Waals surface area contributed by atoms with Crippen LogP contribution in [0.1, 0.15) is 16.1 Å². The first-order chi connectivity index (χ1) is 12.3. The molecule has 0 atom stereocenters. The molecule has 0 spiro atoms. The number of ether oxygens (including phenoxy) is 1. The Labute approximate surface area is 150 Å². The minimum Gasteiger partial charge on any atom is -0.494 e. The second kappa shape index (κ2) is 6.64. The van der Waals surface area contributed by atoms with E-state index in [4.69, 9.17) is 4.74 Å². The Morgan fingerprint density at radius 2 is 2.04 bits per heavy atom. The summed E-state index contributed by atoms with van der Waals surface area (Å²) in [6.07, 6.45) is 4.01. The normalized spacial score (nSPS) is 11.3. The van der Waals surface area contributed by atoms with E-state index >= 15 is 0 Å². The van der Waals surface area contributed by atoms with Crippen molar-refractivity contribution in [2.45, 2.75) is 11.8 Å². The smallest absolute Gasteiger partial charge is 0.285 e. The molecule has 2 heterocycles. The van der Waals surface area contributed by atoms with Crippen LogP contribution in [0.25, 0.3) is 5.69 Å². The number of carbonyl (C=O) groups excluding carboxylic acids is 1. The molecule has 1 aromatic carbocycles. The SMILES string of the molecule is COc1ccc(C)cc1-n1ccc(C(=O)NS(=O)(=O)c2cnn(C)c2)n1. The van der Waals surface area contributed by atoms with Crippen LogP contribution in [0.5, 0.6) is 5.75 Å². The monoisotopic (exact) mass is 375 g/mol. The number of methoxy groups -OCH3 is 1. The number of sulfonamides is 1. The number of nitrogens with zero attached hydrogens (tertiary/aromatic N) is 4. The molecule has 0 bridgehead atoms. The summed E-state index contributed by atoms with van der Waals surface area (Å²) in [6, 6.07) is 6.95. The van der Waals surface area contributed by atoms with Gasteiger partial charge in [-0.25, -0.2) is 17.8 Å². The fourth-order valence-electron chi connectivity index (χ4n) is 2.33. The Kier molecular flexibility index (Phi) is 4.51. The van der Waals surface area contributed by atoms with E-state index in [-0.39, 0.29) is 10.6 Å². The molecule has 0 saturated heterocycles. The van der Waals surface area contributed by atoms with Crippen molar-refractivity contribution in [3.8, 4) is 11.4 Å². The van der Waals surface area contributed by atoms with E-state index in [1.807, 2.05) is 23.8 Å². The number of hydrogen-bond acceptors (Lipinski definition) is 6. The molecule has 2 aromatic heterocycles. The van der Waals surface area contributed by atoms with E-state index in [9.17, 15) is 13.2 Å². The van der Waals surface area contributed by atoms with Gasteiger partial charge < -0.3 is 4.74 Å². The summed E-state index contributed by atoms with van der Waals surface area (Å²) in [6.45, 7) is 1.92. The van der Waals surface area contributed by atoms with Gasteiger partial charge in [0.1, 0.15) is 16.3 Å². The largest absolute Gasteiger partial charge is 0.494 e. The minimum atomic E-state index is -4.02. The van der Waals surface area contributed by atoms with Gasteiger partial charge in [0, 0.05) is 19.4 Å². The molecule has 0 aliphatic carbocycles. The van der Waals surface area contributed by atoms with Gasteiger partial charge >= 0.3 is 0 Å². The molecule has 3 aromatic rings. The summed E-state index contributed by atoms with van der Waals surface area (Å²) in [5.74, 6) is -0.257. The van der Waals surface area contributed by atoms with Gasteiger partial charge in [0.15, 0.2) is 5.69 Å². The molecule has 0 aliphatic rings. The van der Waals surface area contributed by atoms with Crippen molar-refractivity contribution >= 4 is 15.9 Å². The van der Waals surface area contributed by atoms with E-state index in [0.29, 0.717) is 11.4 Å². The number of amides is 1. The zero-order valence-electron chi connectivity index (χ0n) is 14.4. The van der Waals surface area contributed by atoms with E-state index < -0.39 is 15.9 Å². The molecule has 136 valence electrons. The van der Waals surface area contributed by atoms with Crippen LogP contribution in [-0.2, 0) is 17.1 Å². The van der Waals surface area contributed by atoms with Crippen LogP contribution in [0.3, 0.4) is 0 Å². The van der Waals surface area contributed by atoms with Crippen molar-refractivity contribution in [1.29, 1.82) is 0 Å². The van der Waals surface area contributed by atoms with Crippen LogP contribution in [0.4, 0.5) is 0 Å². The predicted molar refractivity (Wildman–Crippen MR) is 92.7 cm³/mol. The summed E-state index contributed by atoms with van der Waals surface area (Å²) in [7, 11) is -0.904. The number of nitrogens with one attached hydrogen (secondary N) is 1. The topological polar surface area (TPSA) is 108 Å². The molecule has 3 rings (SSSR count). The molecule has 9 nitrogen and oxygen atoms in total. The van der Waals surface area contributed by atoms with Crippen molar-refractivity contribution in [1.82, 2.24) is 24.3 Å². The summed E-state index contributed by atoms with van der Waals surface area (Å²) >= 11 is 0. The zero-order chi connectivity index (χ0) is 18.9. The maximum Gasteiger partial charge on any atom is 0.285 e. The molecule has 26 heavy (non-hydrogen) atoms. The van der Waals surface area contributed by atoms with Gasteiger partial charge in [-0.2, -0.15) is 10.2 Å². The van der Waals surface area contributed by atoms with Crippen molar-refractivity contribution in [3.05, 3.63) is 54.1 Å². The first kappa shape index (κ1) is 17.7. The first-order valence-corrected chi connectivity index (χ1v) is 9.05. The van der Waals surface area contributed by atoms with Gasteiger partial charge in [-0.3, -0.25) is 9.48 Å². The third kappa shape index (κ3) is 3.45. The highest BCUT2D eigenvalue weighted by Gasteiger charge is 2.22. The number of rotatable bonds is 5. The fourth-order valence-corrected chi connectivity index (χ4v) is 3.27. The highest BCUT2D eigenvalue weighted by molar-refractivity contribution is 7.90. The summed E-state index contributed by atoms with van der Waals surface area (Å²) in [5.41, 5.74) is 1.59. The molecular weight excluding hydrogens is 358 g/mol. The number of hydrogen-bond donors (Lipinski definition) is 1. The summed E-state index contributed by atoms with van der Waals surface area (Å²) in [4.78, 5) is 12.2. The van der Waals surface area contributed by atoms with Gasteiger partial charge in [-0.1, -0.05) is 6.07 Å². The lowest BCUT2D eigenvalue weighted by molar-refractivity contribution is 0.0976. The Morgan fingerprint density at radius 1 is 1.27 bits per heavy atom. The molecule has 0 unspecified atom stereocenters. The third-order valence-electron chi connectivity index (χ3n) is 3.62. The summed E-state index contributed by atoms with van der Waals surface area (Å²) < 4.78 is 34.5. The lowest BCUT2D eigenvalue weighted by atomic mass is 10.2. The van der Waals surface area contributed by atoms with Crippen molar-refractivity contribution in [2.24, 2.45) is 7.05 Å². The molecule has 0 saturated carbocycles. The second-order valence-corrected chi connectivity index (χ2v) is 7.29. The van der Waals surface area contributed by atoms with Crippen molar-refractivity contribution < 1.29 is 17.9 Å². The van der Waals surface area contributed by atoms with E-state index in [1.54, 1.807) is 19.3 Å². The standard InChI is InChI=1S/C16H17N5O4S/c1-11-4-5-15(25-3)14(8-11)21-7-6-13(18-21)16(22)19-26(23,24)12-9-17-20(2)10-12/h4-10H,1-3H3,(H,19,22). The first-order valence-electron chi connectivity index (χ1n) is 7.56. The van der Waals surface area contributed by atoms with Crippen LogP contribution < -0.4 is 9.46 Å². The van der Waals surface area contributed by atoms with Crippen molar-refractivity contribution in [3.63, 3.8) is 0 Å². The Balaban J connectivity index is 1.86. The molecule has 1 amide bonds. The molecule has 0 fully saturated rings. The fraction of sp³-hybridized carbons (Fsp3) is 0.188. The highest BCUT2D eigenvalue weighted by atomic mass is 32.2. The molecule has 0 aliphatic heterocycles. The maximum atomic E-state index is 12.3. The van der Waals surface area contributed by atoms with Crippen LogP contribution in [0.15, 0.2) is 47.8 Å². The predicted octanol–water partition coefficient (Wildman–Crippen LogP) is 1.04. The van der Waals surface area contributed by atoms with Gasteiger partial charge in [-0.15, -0.1) is 0 Å². The second-order valence-electron chi connectivity index (χ2n) is 5.61. The molecule has 1 N–H and O–H groups in total. The Bertz CT molecular complexity index is 1070. The number of aryl methyl sites for hydroxylation is 2. The van der Waals surface area contributed by atoms with Crippen LogP contribution in [-0.4, -0.2) is 41.0 Å². The van der Waals surface area contributed by atoms with E-state index in [0.717, 1.165) is 11.8 Å². The van der Waals surface area contributed by atoms with Crippen molar-refractivity contribution in [2.75, 3.05) is 7.11 Å². The third-order valence-corrected chi connectivity index (χ3v) is 4.91. The Hall–Kier alpha value is -3.14. The number of aromatic nitrogens is 4. The van der Waals surface area contributed by atoms with E-state index in [2.05, 4.69) is 10.2 Å². The Morgan fingerprint density at radius 3 is 2.69 bits per heavy atom. The zero-order valence-corrected chi connectivity index (χ0v) is 15.2. The molecule has 0 radical (unpaired) electrons. The number of carbonyl (C=O) groups is 1. The lowest BCUT2D eigenvalue weighted by Crippen LogP contribution is -2.30. The summed E-state index contributed by atoms with van der Waals surface area (Å²) in [5, 5.41) is 7.94. The van der Waals surface area contributed by atoms with Crippen LogP contribution in [0, 0.1) is 6.92 Å². The van der Waals surface area contributed by atoms with Crippen LogP contribution in [0.2, 0.25) is 0 Å². The highest BCUT2D eigenvalue weighted by Crippen LogP contribution is 2.23. The van der Waals surface area contributed by atoms with Gasteiger partial charge in [-0.05, 0) is 30.7 Å². The van der Waals surface area contributed by atoms with E-state index in [1.165, 1.54) is 28.7 Å². The quantitative estimate of drug-likeness (QED) is 0.714. The van der Waals surface area contributed by atoms with Gasteiger partial charge in [0.2, 0.25) is 0 Å². The number of benzene rings is 1. The lowest BCUT2D eigenvalue weighted by Gasteiger charge is -2.09.